The van der Waals surface area contributed by atoms with Crippen molar-refractivity contribution in [3.8, 4) is 0 Å². The fourth-order valence-corrected chi connectivity index (χ4v) is 8.48. The molecule has 1 saturated heterocycles. The lowest BCUT2D eigenvalue weighted by atomic mass is 9.98. The fraction of sp³-hybridized carbons (Fsp3) is 0.692. The maximum absolute atomic E-state index is 13.1. The predicted molar refractivity (Wildman–Crippen MR) is 312 cm³/mol. The van der Waals surface area contributed by atoms with E-state index >= 15 is 0 Å². The van der Waals surface area contributed by atoms with E-state index in [9.17, 15) is 34.5 Å². The van der Waals surface area contributed by atoms with Crippen molar-refractivity contribution in [1.82, 2.24) is 0 Å². The Morgan fingerprint density at radius 3 is 1.30 bits per heavy atom. The van der Waals surface area contributed by atoms with E-state index in [2.05, 4.69) is 118 Å². The van der Waals surface area contributed by atoms with Crippen molar-refractivity contribution in [3.05, 3.63) is 97.2 Å². The molecule has 0 radical (unpaired) electrons. The van der Waals surface area contributed by atoms with Gasteiger partial charge in [-0.3, -0.25) is 14.4 Å². The third-order valence-electron chi connectivity index (χ3n) is 13.1. The number of aliphatic hydroxyl groups is 2. The van der Waals surface area contributed by atoms with Crippen molar-refractivity contribution in [2.24, 2.45) is 0 Å². The second-order valence-corrected chi connectivity index (χ2v) is 20.2. The number of hydrogen-bond acceptors (Lipinski definition) is 11. The van der Waals surface area contributed by atoms with Crippen LogP contribution in [0.2, 0.25) is 0 Å². The van der Waals surface area contributed by atoms with Crippen LogP contribution in [0.1, 0.15) is 239 Å². The molecule has 0 saturated carbocycles. The summed E-state index contributed by atoms with van der Waals surface area (Å²) in [6.45, 7) is 5.75. The van der Waals surface area contributed by atoms with E-state index in [0.717, 1.165) is 161 Å². The van der Waals surface area contributed by atoms with E-state index < -0.39 is 67.3 Å². The van der Waals surface area contributed by atoms with E-state index in [0.29, 0.717) is 19.3 Å². The molecular weight excluding hydrogens is 973 g/mol. The van der Waals surface area contributed by atoms with Crippen LogP contribution >= 0.6 is 0 Å². The molecule has 12 heteroatoms. The molecule has 1 heterocycles. The van der Waals surface area contributed by atoms with E-state index in [1.807, 2.05) is 0 Å². The van der Waals surface area contributed by atoms with Gasteiger partial charge in [0.1, 0.15) is 18.8 Å². The van der Waals surface area contributed by atoms with Crippen LogP contribution in [0.3, 0.4) is 0 Å². The van der Waals surface area contributed by atoms with Crippen LogP contribution in [0.15, 0.2) is 97.2 Å². The number of aliphatic carboxylic acids is 1. The van der Waals surface area contributed by atoms with Gasteiger partial charge in [-0.25, -0.2) is 4.79 Å². The van der Waals surface area contributed by atoms with Crippen LogP contribution in [-0.4, -0.2) is 89.2 Å². The van der Waals surface area contributed by atoms with E-state index in [1.165, 1.54) is 19.3 Å². The minimum Gasteiger partial charge on any atom is -0.479 e. The van der Waals surface area contributed by atoms with Crippen LogP contribution in [0.4, 0.5) is 0 Å². The molecule has 3 N–H and O–H groups in total. The van der Waals surface area contributed by atoms with Crippen molar-refractivity contribution < 1.29 is 58.2 Å². The zero-order valence-electron chi connectivity index (χ0n) is 48.2. The van der Waals surface area contributed by atoms with Gasteiger partial charge in [0.15, 0.2) is 24.6 Å². The first-order chi connectivity index (χ1) is 37.6. The van der Waals surface area contributed by atoms with Crippen LogP contribution < -0.4 is 0 Å². The van der Waals surface area contributed by atoms with Crippen molar-refractivity contribution >= 4 is 23.9 Å². The molecular formula is C65H106O12. The third kappa shape index (κ3) is 42.3. The summed E-state index contributed by atoms with van der Waals surface area (Å²) in [7, 11) is 0. The highest BCUT2D eigenvalue weighted by atomic mass is 16.7. The van der Waals surface area contributed by atoms with Gasteiger partial charge in [0.25, 0.3) is 0 Å². The highest BCUT2D eigenvalue weighted by Crippen LogP contribution is 2.26. The average Bonchev–Trinajstić information content (AvgIpc) is 3.42. The monoisotopic (exact) mass is 1080 g/mol. The van der Waals surface area contributed by atoms with Gasteiger partial charge in [0.2, 0.25) is 0 Å². The lowest BCUT2D eigenvalue weighted by molar-refractivity contribution is -0.301. The number of carbonyl (C=O) groups excluding carboxylic acids is 3. The summed E-state index contributed by atoms with van der Waals surface area (Å²) >= 11 is 0. The number of carboxylic acids is 1. The molecule has 1 fully saturated rings. The predicted octanol–water partition coefficient (Wildman–Crippen LogP) is 15.7. The first kappa shape index (κ1) is 70.7. The van der Waals surface area contributed by atoms with E-state index in [-0.39, 0.29) is 25.9 Å². The van der Waals surface area contributed by atoms with Gasteiger partial charge in [0.05, 0.1) is 6.61 Å². The van der Waals surface area contributed by atoms with Gasteiger partial charge < -0.3 is 39.0 Å². The molecule has 12 nitrogen and oxygen atoms in total. The second-order valence-electron chi connectivity index (χ2n) is 20.2. The summed E-state index contributed by atoms with van der Waals surface area (Å²) in [6.07, 6.45) is 56.5. The zero-order chi connectivity index (χ0) is 56.1. The van der Waals surface area contributed by atoms with Crippen LogP contribution in [-0.2, 0) is 42.9 Å². The Kier molecular flexibility index (Phi) is 48.0. The number of rotatable bonds is 50. The third-order valence-corrected chi connectivity index (χ3v) is 13.1. The van der Waals surface area contributed by atoms with Crippen molar-refractivity contribution in [1.29, 1.82) is 0 Å². The molecule has 0 amide bonds. The van der Waals surface area contributed by atoms with Crippen LogP contribution in [0, 0.1) is 0 Å². The zero-order valence-corrected chi connectivity index (χ0v) is 48.2. The smallest absolute Gasteiger partial charge is 0.335 e. The molecule has 1 aliphatic heterocycles. The maximum atomic E-state index is 13.1. The molecule has 1 rings (SSSR count). The fourth-order valence-electron chi connectivity index (χ4n) is 8.48. The number of ether oxygens (including phenoxy) is 5. The highest BCUT2D eigenvalue weighted by molar-refractivity contribution is 5.74. The molecule has 1 aliphatic rings. The largest absolute Gasteiger partial charge is 0.479 e. The second kappa shape index (κ2) is 52.3. The quantitative estimate of drug-likeness (QED) is 0.0228. The average molecular weight is 1080 g/mol. The minimum absolute atomic E-state index is 0.0375. The van der Waals surface area contributed by atoms with Crippen molar-refractivity contribution in [2.45, 2.75) is 276 Å². The Morgan fingerprint density at radius 1 is 0.442 bits per heavy atom. The Morgan fingerprint density at radius 2 is 0.844 bits per heavy atom. The molecule has 77 heavy (non-hydrogen) atoms. The summed E-state index contributed by atoms with van der Waals surface area (Å²) in [4.78, 5) is 51.2. The normalized spacial score (nSPS) is 18.7. The molecule has 0 aromatic heterocycles. The van der Waals surface area contributed by atoms with Gasteiger partial charge in [-0.2, -0.15) is 0 Å². The number of allylic oxidation sites excluding steroid dienone is 16. The molecule has 0 bridgehead atoms. The van der Waals surface area contributed by atoms with Gasteiger partial charge in [0, 0.05) is 19.3 Å². The highest BCUT2D eigenvalue weighted by Gasteiger charge is 2.50. The Hall–Kier alpha value is -4.36. The Balaban J connectivity index is 2.70. The summed E-state index contributed by atoms with van der Waals surface area (Å²) in [5, 5.41) is 31.5. The van der Waals surface area contributed by atoms with Crippen molar-refractivity contribution in [3.63, 3.8) is 0 Å². The van der Waals surface area contributed by atoms with Crippen LogP contribution in [0.25, 0.3) is 0 Å². The van der Waals surface area contributed by atoms with E-state index in [4.69, 9.17) is 23.7 Å². The van der Waals surface area contributed by atoms with Gasteiger partial charge in [-0.1, -0.05) is 201 Å². The molecule has 0 aromatic rings. The van der Waals surface area contributed by atoms with Gasteiger partial charge >= 0.3 is 23.9 Å². The molecule has 0 aliphatic carbocycles. The minimum atomic E-state index is -1.92. The molecule has 6 unspecified atom stereocenters. The first-order valence-electron chi connectivity index (χ1n) is 30.2. The number of aliphatic hydroxyl groups excluding tert-OH is 2. The van der Waals surface area contributed by atoms with E-state index in [1.54, 1.807) is 0 Å². The lowest BCUT2D eigenvalue weighted by Gasteiger charge is -2.40. The summed E-state index contributed by atoms with van der Waals surface area (Å²) in [5.41, 5.74) is 0. The summed E-state index contributed by atoms with van der Waals surface area (Å²) in [5.74, 6) is -3.18. The number of unbranched alkanes of at least 4 members (excludes halogenated alkanes) is 20. The van der Waals surface area contributed by atoms with Crippen molar-refractivity contribution in [2.75, 3.05) is 13.2 Å². The Bertz CT molecular complexity index is 1710. The number of hydrogen-bond donors (Lipinski definition) is 3. The number of carboxylic acid groups (broad SMARTS) is 1. The molecule has 0 aromatic carbocycles. The summed E-state index contributed by atoms with van der Waals surface area (Å²) < 4.78 is 28.4. The van der Waals surface area contributed by atoms with Crippen LogP contribution in [0.5, 0.6) is 0 Å². The number of carbonyl (C=O) groups is 4. The first-order valence-corrected chi connectivity index (χ1v) is 30.2. The SMILES string of the molecule is CC/C=C\C/C=C\C/C=C\C/C=C\CCCCCCCCC(=O)OCC(COC1OC(C(=O)O)C(O)C(O)C1OC(=O)CCCCCCC/C=C\C/C=C\CCCCC)OC(=O)CCCCCCC/C=C\C/C=C\CCC. The molecule has 0 spiro atoms. The Labute approximate surface area is 466 Å². The number of esters is 3. The summed E-state index contributed by atoms with van der Waals surface area (Å²) in [6, 6.07) is 0. The lowest BCUT2D eigenvalue weighted by Crippen LogP contribution is -2.61. The molecule has 6 atom stereocenters. The van der Waals surface area contributed by atoms with Gasteiger partial charge in [-0.05, 0) is 116 Å². The maximum Gasteiger partial charge on any atom is 0.335 e. The standard InChI is InChI=1S/C65H106O12/c1-4-7-10-13-16-19-22-25-27-28-29-30-32-34-36-39-42-45-48-51-57(66)73-54-56(75-58(67)52-49-46-43-40-37-33-24-21-18-15-12-9-6-3)55-74-65-63(61(70)60(69)62(77-65)64(71)72)76-59(68)53-50-47-44-41-38-35-31-26-23-20-17-14-11-8-5-2/h7,10,12,15-17,19-21,24-27,29-31,56,60-63,65,69-70H,4-6,8-9,11,13-14,18,22-23,28,32-55H2,1-3H3,(H,71,72)/b10-7-,15-12-,19-16-,20-17-,24-21-,27-25-,30-29-,31-26-. The van der Waals surface area contributed by atoms with Gasteiger partial charge in [-0.15, -0.1) is 0 Å². The molecule has 438 valence electrons. The topological polar surface area (TPSA) is 175 Å².